The summed E-state index contributed by atoms with van der Waals surface area (Å²) in [5.74, 6) is 0.380. The lowest BCUT2D eigenvalue weighted by molar-refractivity contribution is -0.135. The van der Waals surface area contributed by atoms with Crippen LogP contribution in [0, 0.1) is 18.3 Å². The maximum absolute atomic E-state index is 13.1. The van der Waals surface area contributed by atoms with Crippen molar-refractivity contribution in [1.82, 2.24) is 10.2 Å². The summed E-state index contributed by atoms with van der Waals surface area (Å²) in [5, 5.41) is 3.03. The molecule has 4 nitrogen and oxygen atoms in total. The summed E-state index contributed by atoms with van der Waals surface area (Å²) in [6.45, 7) is 8.91. The normalized spacial score (nSPS) is 29.9. The van der Waals surface area contributed by atoms with Gasteiger partial charge in [0.1, 0.15) is 5.54 Å². The van der Waals surface area contributed by atoms with Crippen molar-refractivity contribution in [3.8, 4) is 0 Å². The molecule has 1 aliphatic carbocycles. The Kier molecular flexibility index (Phi) is 3.74. The topological polar surface area (TPSA) is 49.4 Å². The molecule has 1 aliphatic heterocycles. The molecule has 1 aromatic carbocycles. The summed E-state index contributed by atoms with van der Waals surface area (Å²) in [6, 6.07) is 7.72. The number of amides is 3. The number of hydrogen-bond acceptors (Lipinski definition) is 2. The predicted molar refractivity (Wildman–Crippen MR) is 89.8 cm³/mol. The molecular formula is C19H26N2O2. The summed E-state index contributed by atoms with van der Waals surface area (Å²) in [7, 11) is 0. The molecule has 3 rings (SSSR count). The van der Waals surface area contributed by atoms with Crippen molar-refractivity contribution in [1.29, 1.82) is 0 Å². The van der Waals surface area contributed by atoms with Crippen LogP contribution < -0.4 is 5.32 Å². The molecule has 0 unspecified atom stereocenters. The highest BCUT2D eigenvalue weighted by Gasteiger charge is 2.55. The third-order valence-corrected chi connectivity index (χ3v) is 5.05. The number of nitrogens with one attached hydrogen (secondary N) is 1. The Morgan fingerprint density at radius 3 is 2.65 bits per heavy atom. The molecule has 1 heterocycles. The summed E-state index contributed by atoms with van der Waals surface area (Å²) in [5.41, 5.74) is 1.49. The summed E-state index contributed by atoms with van der Waals surface area (Å²) < 4.78 is 0. The second kappa shape index (κ2) is 5.36. The van der Waals surface area contributed by atoms with Gasteiger partial charge in [-0.2, -0.15) is 0 Å². The van der Waals surface area contributed by atoms with Gasteiger partial charge in [-0.25, -0.2) is 4.79 Å². The van der Waals surface area contributed by atoms with Crippen molar-refractivity contribution in [3.63, 3.8) is 0 Å². The lowest BCUT2D eigenvalue weighted by Gasteiger charge is -2.43. The average Bonchev–Trinajstić information content (AvgIpc) is 2.60. The minimum atomic E-state index is -0.706. The predicted octanol–water partition coefficient (Wildman–Crippen LogP) is 3.63. The van der Waals surface area contributed by atoms with E-state index in [0.717, 1.165) is 30.4 Å². The van der Waals surface area contributed by atoms with Crippen molar-refractivity contribution in [2.24, 2.45) is 11.3 Å². The Morgan fingerprint density at radius 1 is 1.26 bits per heavy atom. The average molecular weight is 314 g/mol. The molecule has 1 spiro atoms. The van der Waals surface area contributed by atoms with Crippen LogP contribution in [0.4, 0.5) is 4.79 Å². The van der Waals surface area contributed by atoms with Crippen LogP contribution >= 0.6 is 0 Å². The van der Waals surface area contributed by atoms with Gasteiger partial charge in [-0.05, 0) is 43.1 Å². The van der Waals surface area contributed by atoms with Gasteiger partial charge in [0.05, 0.1) is 6.54 Å². The molecule has 4 heteroatoms. The fourth-order valence-electron chi connectivity index (χ4n) is 4.64. The third-order valence-electron chi connectivity index (χ3n) is 5.05. The molecule has 2 fully saturated rings. The van der Waals surface area contributed by atoms with Crippen LogP contribution in [0.1, 0.15) is 51.2 Å². The summed E-state index contributed by atoms with van der Waals surface area (Å²) in [6.07, 6.45) is 2.56. The lowest BCUT2D eigenvalue weighted by Crippen LogP contribution is -2.54. The molecule has 0 radical (unpaired) electrons. The van der Waals surface area contributed by atoms with E-state index in [1.165, 1.54) is 4.90 Å². The zero-order chi connectivity index (χ0) is 16.8. The largest absolute Gasteiger partial charge is 0.325 e. The van der Waals surface area contributed by atoms with E-state index in [2.05, 4.69) is 26.1 Å². The highest BCUT2D eigenvalue weighted by Crippen LogP contribution is 2.46. The van der Waals surface area contributed by atoms with Crippen molar-refractivity contribution in [3.05, 3.63) is 35.4 Å². The van der Waals surface area contributed by atoms with E-state index >= 15 is 0 Å². The minimum Gasteiger partial charge on any atom is -0.323 e. The van der Waals surface area contributed by atoms with E-state index in [4.69, 9.17) is 0 Å². The standard InChI is InChI=1S/C19H26N2O2/c1-13-6-5-7-15(8-13)11-21-16(22)19(20-17(21)23)10-14(2)9-18(3,4)12-19/h5-8,14H,9-12H2,1-4H3,(H,20,23)/t14-,19-/m1/s1. The Hall–Kier alpha value is -1.84. The molecule has 0 aromatic heterocycles. The van der Waals surface area contributed by atoms with Gasteiger partial charge in [0.25, 0.3) is 5.91 Å². The molecule has 23 heavy (non-hydrogen) atoms. The van der Waals surface area contributed by atoms with Crippen LogP contribution in [0.2, 0.25) is 0 Å². The first-order valence-electron chi connectivity index (χ1n) is 8.40. The maximum Gasteiger partial charge on any atom is 0.325 e. The van der Waals surface area contributed by atoms with E-state index in [0.29, 0.717) is 12.5 Å². The van der Waals surface area contributed by atoms with Gasteiger partial charge < -0.3 is 5.32 Å². The fourth-order valence-corrected chi connectivity index (χ4v) is 4.64. The fraction of sp³-hybridized carbons (Fsp3) is 0.579. The van der Waals surface area contributed by atoms with Gasteiger partial charge in [-0.15, -0.1) is 0 Å². The number of carbonyl (C=O) groups is 2. The molecule has 1 saturated heterocycles. The number of rotatable bonds is 2. The molecule has 0 bridgehead atoms. The highest BCUT2D eigenvalue weighted by atomic mass is 16.2. The molecule has 124 valence electrons. The Labute approximate surface area is 138 Å². The maximum atomic E-state index is 13.1. The second-order valence-electron chi connectivity index (χ2n) is 8.25. The van der Waals surface area contributed by atoms with Gasteiger partial charge in [0, 0.05) is 0 Å². The quantitative estimate of drug-likeness (QED) is 0.847. The van der Waals surface area contributed by atoms with Crippen molar-refractivity contribution in [2.45, 2.75) is 59.0 Å². The van der Waals surface area contributed by atoms with Gasteiger partial charge in [-0.1, -0.05) is 50.6 Å². The molecule has 1 aromatic rings. The van der Waals surface area contributed by atoms with E-state index in [9.17, 15) is 9.59 Å². The van der Waals surface area contributed by atoms with E-state index in [1.807, 2.05) is 31.2 Å². The Morgan fingerprint density at radius 2 is 2.00 bits per heavy atom. The molecule has 1 saturated carbocycles. The number of urea groups is 1. The first-order valence-corrected chi connectivity index (χ1v) is 8.40. The monoisotopic (exact) mass is 314 g/mol. The number of aryl methyl sites for hydroxylation is 1. The first kappa shape index (κ1) is 16.0. The number of benzene rings is 1. The SMILES string of the molecule is Cc1cccc(CN2C(=O)N[C@@]3(C[C@H](C)CC(C)(C)C3)C2=O)c1. The van der Waals surface area contributed by atoms with E-state index < -0.39 is 5.54 Å². The van der Waals surface area contributed by atoms with Crippen LogP contribution in [-0.2, 0) is 11.3 Å². The molecular weight excluding hydrogens is 288 g/mol. The van der Waals surface area contributed by atoms with Crippen LogP contribution in [0.25, 0.3) is 0 Å². The van der Waals surface area contributed by atoms with Gasteiger partial charge in [0.2, 0.25) is 0 Å². The van der Waals surface area contributed by atoms with Crippen LogP contribution in [0.15, 0.2) is 24.3 Å². The van der Waals surface area contributed by atoms with Crippen LogP contribution in [-0.4, -0.2) is 22.4 Å². The number of carbonyl (C=O) groups excluding carboxylic acids is 2. The van der Waals surface area contributed by atoms with E-state index in [-0.39, 0.29) is 17.4 Å². The van der Waals surface area contributed by atoms with Crippen molar-refractivity contribution < 1.29 is 9.59 Å². The zero-order valence-electron chi connectivity index (χ0n) is 14.5. The third kappa shape index (κ3) is 2.99. The lowest BCUT2D eigenvalue weighted by atomic mass is 9.64. The molecule has 2 aliphatic rings. The van der Waals surface area contributed by atoms with Crippen molar-refractivity contribution >= 4 is 11.9 Å². The second-order valence-corrected chi connectivity index (χ2v) is 8.25. The van der Waals surface area contributed by atoms with Crippen LogP contribution in [0.5, 0.6) is 0 Å². The van der Waals surface area contributed by atoms with Crippen molar-refractivity contribution in [2.75, 3.05) is 0 Å². The highest BCUT2D eigenvalue weighted by molar-refractivity contribution is 6.07. The number of hydrogen-bond donors (Lipinski definition) is 1. The molecule has 1 N–H and O–H groups in total. The Balaban J connectivity index is 1.85. The van der Waals surface area contributed by atoms with E-state index in [1.54, 1.807) is 0 Å². The summed E-state index contributed by atoms with van der Waals surface area (Å²) >= 11 is 0. The van der Waals surface area contributed by atoms with Crippen LogP contribution in [0.3, 0.4) is 0 Å². The number of nitrogens with zero attached hydrogens (tertiary/aromatic N) is 1. The van der Waals surface area contributed by atoms with Gasteiger partial charge >= 0.3 is 6.03 Å². The smallest absolute Gasteiger partial charge is 0.323 e. The summed E-state index contributed by atoms with van der Waals surface area (Å²) in [4.78, 5) is 26.9. The zero-order valence-corrected chi connectivity index (χ0v) is 14.5. The minimum absolute atomic E-state index is 0.0522. The van der Waals surface area contributed by atoms with Gasteiger partial charge in [0.15, 0.2) is 0 Å². The Bertz CT molecular complexity index is 653. The molecule has 2 atom stereocenters. The van der Waals surface area contributed by atoms with Gasteiger partial charge in [-0.3, -0.25) is 9.69 Å². The first-order chi connectivity index (χ1) is 10.7. The number of imide groups is 1. The molecule has 3 amide bonds.